The number of anilines is 1. The molecule has 6 nitrogen and oxygen atoms in total. The first-order chi connectivity index (χ1) is 10.8. The lowest BCUT2D eigenvalue weighted by atomic mass is 10.1. The molecule has 122 valence electrons. The maximum Gasteiger partial charge on any atom is 0.417 e. The number of carbonyl (C=O) groups is 2. The van der Waals surface area contributed by atoms with E-state index >= 15 is 0 Å². The number of halogens is 3. The van der Waals surface area contributed by atoms with Gasteiger partial charge in [0.1, 0.15) is 0 Å². The molecule has 23 heavy (non-hydrogen) atoms. The molecule has 0 bridgehead atoms. The number of piperazine rings is 1. The number of nitrogens with one attached hydrogen (secondary N) is 1. The van der Waals surface area contributed by atoms with Gasteiger partial charge in [0, 0.05) is 31.9 Å². The van der Waals surface area contributed by atoms with E-state index in [4.69, 9.17) is 5.26 Å². The van der Waals surface area contributed by atoms with Gasteiger partial charge in [0.05, 0.1) is 17.2 Å². The first kappa shape index (κ1) is 16.6. The van der Waals surface area contributed by atoms with Crippen molar-refractivity contribution < 1.29 is 22.8 Å². The van der Waals surface area contributed by atoms with Gasteiger partial charge in [-0.1, -0.05) is 0 Å². The predicted octanol–water partition coefficient (Wildman–Crippen LogP) is 1.88. The number of alkyl halides is 3. The zero-order chi connectivity index (χ0) is 17.0. The van der Waals surface area contributed by atoms with E-state index in [-0.39, 0.29) is 5.69 Å². The number of amides is 3. The van der Waals surface area contributed by atoms with E-state index in [1.807, 2.05) is 0 Å². The van der Waals surface area contributed by atoms with Gasteiger partial charge in [0.25, 0.3) is 0 Å². The Bertz CT molecular complexity index is 646. The van der Waals surface area contributed by atoms with E-state index < -0.39 is 23.3 Å². The molecular formula is C14H13F3N4O2. The van der Waals surface area contributed by atoms with E-state index in [1.54, 1.807) is 0 Å². The standard InChI is InChI=1S/C14H13F3N4O2/c15-14(16,17)12-7-11(2-1-10(12)8-18)19-13(23)21-5-3-20(9-22)4-6-21/h1-2,7,9H,3-6H2,(H,19,23). The zero-order valence-corrected chi connectivity index (χ0v) is 11.9. The van der Waals surface area contributed by atoms with Crippen molar-refractivity contribution in [2.45, 2.75) is 6.18 Å². The number of rotatable bonds is 2. The molecule has 1 N–H and O–H groups in total. The van der Waals surface area contributed by atoms with Gasteiger partial charge in [-0.2, -0.15) is 18.4 Å². The molecule has 0 aliphatic carbocycles. The summed E-state index contributed by atoms with van der Waals surface area (Å²) in [7, 11) is 0. The third-order valence-corrected chi connectivity index (χ3v) is 3.45. The molecule has 1 aliphatic rings. The molecule has 0 spiro atoms. The Labute approximate surface area is 130 Å². The second-order valence-electron chi connectivity index (χ2n) is 4.93. The maximum atomic E-state index is 12.9. The van der Waals surface area contributed by atoms with Crippen LogP contribution < -0.4 is 5.32 Å². The minimum Gasteiger partial charge on any atom is -0.342 e. The second-order valence-corrected chi connectivity index (χ2v) is 4.93. The average Bonchev–Trinajstić information content (AvgIpc) is 2.54. The molecule has 9 heteroatoms. The van der Waals surface area contributed by atoms with Gasteiger partial charge < -0.3 is 15.1 Å². The van der Waals surface area contributed by atoms with Gasteiger partial charge in [0.15, 0.2) is 0 Å². The highest BCUT2D eigenvalue weighted by Gasteiger charge is 2.34. The van der Waals surface area contributed by atoms with Crippen molar-refractivity contribution in [3.8, 4) is 6.07 Å². The van der Waals surface area contributed by atoms with Crippen LogP contribution in [0.15, 0.2) is 18.2 Å². The molecule has 1 heterocycles. The number of nitriles is 1. The largest absolute Gasteiger partial charge is 0.417 e. The molecule has 1 aromatic carbocycles. The Morgan fingerprint density at radius 3 is 2.43 bits per heavy atom. The number of nitrogens with zero attached hydrogens (tertiary/aromatic N) is 3. The highest BCUT2D eigenvalue weighted by Crippen LogP contribution is 2.33. The Hall–Kier alpha value is -2.76. The Kier molecular flexibility index (Phi) is 4.74. The van der Waals surface area contributed by atoms with Gasteiger partial charge in [-0.3, -0.25) is 4.79 Å². The van der Waals surface area contributed by atoms with E-state index in [2.05, 4.69) is 5.32 Å². The third-order valence-electron chi connectivity index (χ3n) is 3.45. The van der Waals surface area contributed by atoms with Crippen molar-refractivity contribution in [1.29, 1.82) is 5.26 Å². The van der Waals surface area contributed by atoms with Crippen molar-refractivity contribution >= 4 is 18.1 Å². The minimum absolute atomic E-state index is 0.0425. The SMILES string of the molecule is N#Cc1ccc(NC(=O)N2CCN(C=O)CC2)cc1C(F)(F)F. The molecule has 0 atom stereocenters. The zero-order valence-electron chi connectivity index (χ0n) is 11.9. The molecule has 2 rings (SSSR count). The molecular weight excluding hydrogens is 313 g/mol. The van der Waals surface area contributed by atoms with Gasteiger partial charge in [-0.25, -0.2) is 4.79 Å². The van der Waals surface area contributed by atoms with Crippen LogP contribution in [-0.2, 0) is 11.0 Å². The molecule has 0 radical (unpaired) electrons. The van der Waals surface area contributed by atoms with Crippen LogP contribution in [0.5, 0.6) is 0 Å². The number of urea groups is 1. The van der Waals surface area contributed by atoms with Crippen molar-refractivity contribution in [2.75, 3.05) is 31.5 Å². The van der Waals surface area contributed by atoms with E-state index in [0.29, 0.717) is 32.6 Å². The van der Waals surface area contributed by atoms with Crippen LogP contribution in [0.3, 0.4) is 0 Å². The molecule has 1 saturated heterocycles. The fraction of sp³-hybridized carbons (Fsp3) is 0.357. The predicted molar refractivity (Wildman–Crippen MR) is 74.4 cm³/mol. The van der Waals surface area contributed by atoms with Crippen molar-refractivity contribution in [3.05, 3.63) is 29.3 Å². The van der Waals surface area contributed by atoms with Crippen LogP contribution in [-0.4, -0.2) is 48.4 Å². The third kappa shape index (κ3) is 3.91. The summed E-state index contributed by atoms with van der Waals surface area (Å²) in [6.07, 6.45) is -3.99. The van der Waals surface area contributed by atoms with Crippen LogP contribution in [0.4, 0.5) is 23.7 Å². The fourth-order valence-electron chi connectivity index (χ4n) is 2.19. The number of hydrogen-bond donors (Lipinski definition) is 1. The number of carbonyl (C=O) groups excluding carboxylic acids is 2. The van der Waals surface area contributed by atoms with Crippen molar-refractivity contribution in [1.82, 2.24) is 9.80 Å². The molecule has 0 aromatic heterocycles. The monoisotopic (exact) mass is 326 g/mol. The molecule has 0 saturated carbocycles. The van der Waals surface area contributed by atoms with E-state index in [0.717, 1.165) is 12.1 Å². The normalized spacial score (nSPS) is 15.0. The Balaban J connectivity index is 2.10. The van der Waals surface area contributed by atoms with Gasteiger partial charge in [-0.05, 0) is 18.2 Å². The summed E-state index contributed by atoms with van der Waals surface area (Å²) in [6, 6.07) is 3.92. The van der Waals surface area contributed by atoms with Crippen molar-refractivity contribution in [3.63, 3.8) is 0 Å². The van der Waals surface area contributed by atoms with Crippen LogP contribution >= 0.6 is 0 Å². The van der Waals surface area contributed by atoms with Gasteiger partial charge in [-0.15, -0.1) is 0 Å². The minimum atomic E-state index is -4.68. The summed E-state index contributed by atoms with van der Waals surface area (Å²) in [6.45, 7) is 1.34. The van der Waals surface area contributed by atoms with Crippen molar-refractivity contribution in [2.24, 2.45) is 0 Å². The molecule has 3 amide bonds. The number of benzene rings is 1. The summed E-state index contributed by atoms with van der Waals surface area (Å²) in [5, 5.41) is 11.1. The van der Waals surface area contributed by atoms with E-state index in [9.17, 15) is 22.8 Å². The summed E-state index contributed by atoms with van der Waals surface area (Å²) in [4.78, 5) is 25.5. The summed E-state index contributed by atoms with van der Waals surface area (Å²) in [5.74, 6) is 0. The van der Waals surface area contributed by atoms with Gasteiger partial charge >= 0.3 is 12.2 Å². The fourth-order valence-corrected chi connectivity index (χ4v) is 2.19. The molecule has 1 aliphatic heterocycles. The lowest BCUT2D eigenvalue weighted by Crippen LogP contribution is -2.49. The lowest BCUT2D eigenvalue weighted by Gasteiger charge is -2.32. The Morgan fingerprint density at radius 2 is 1.91 bits per heavy atom. The van der Waals surface area contributed by atoms with E-state index in [1.165, 1.54) is 21.9 Å². The lowest BCUT2D eigenvalue weighted by molar-refractivity contribution is -0.137. The van der Waals surface area contributed by atoms with Gasteiger partial charge in [0.2, 0.25) is 6.41 Å². The second kappa shape index (κ2) is 6.56. The number of hydrogen-bond acceptors (Lipinski definition) is 3. The molecule has 0 unspecified atom stereocenters. The maximum absolute atomic E-state index is 12.9. The smallest absolute Gasteiger partial charge is 0.342 e. The quantitative estimate of drug-likeness (QED) is 0.843. The summed E-state index contributed by atoms with van der Waals surface area (Å²) in [5.41, 5.74) is -1.64. The van der Waals surface area contributed by atoms with Crippen LogP contribution in [0, 0.1) is 11.3 Å². The highest BCUT2D eigenvalue weighted by atomic mass is 19.4. The first-order valence-electron chi connectivity index (χ1n) is 6.72. The summed E-state index contributed by atoms with van der Waals surface area (Å²) >= 11 is 0. The molecule has 1 fully saturated rings. The van der Waals surface area contributed by atoms with Crippen LogP contribution in [0.25, 0.3) is 0 Å². The highest BCUT2D eigenvalue weighted by molar-refractivity contribution is 5.89. The molecule has 1 aromatic rings. The Morgan fingerprint density at radius 1 is 1.26 bits per heavy atom. The summed E-state index contributed by atoms with van der Waals surface area (Å²) < 4.78 is 38.6. The van der Waals surface area contributed by atoms with Crippen LogP contribution in [0.1, 0.15) is 11.1 Å². The van der Waals surface area contributed by atoms with Crippen LogP contribution in [0.2, 0.25) is 0 Å². The topological polar surface area (TPSA) is 76.4 Å². The first-order valence-corrected chi connectivity index (χ1v) is 6.72. The average molecular weight is 326 g/mol.